The Kier molecular flexibility index (Phi) is 4.06. The zero-order chi connectivity index (χ0) is 22.1. The molecule has 0 spiro atoms. The number of pyridine rings is 2. The second kappa shape index (κ2) is 6.66. The predicted molar refractivity (Wildman–Crippen MR) is 133 cm³/mol. The van der Waals surface area contributed by atoms with Gasteiger partial charge in [0.1, 0.15) is 11.2 Å². The topological polar surface area (TPSA) is 39.4 Å². The molecule has 32 heavy (non-hydrogen) atoms. The van der Waals surface area contributed by atoms with Crippen molar-refractivity contribution < 1.29 is 4.65 Å². The van der Waals surface area contributed by atoms with E-state index in [0.717, 1.165) is 45.2 Å². The molecule has 0 bridgehead atoms. The molecule has 5 heteroatoms. The van der Waals surface area contributed by atoms with E-state index in [1.54, 1.807) is 0 Å². The Balaban J connectivity index is 1.49. The summed E-state index contributed by atoms with van der Waals surface area (Å²) in [5, 5.41) is 2.25. The van der Waals surface area contributed by atoms with E-state index in [4.69, 9.17) is 14.6 Å². The van der Waals surface area contributed by atoms with Crippen LogP contribution in [-0.2, 0) is 4.65 Å². The van der Waals surface area contributed by atoms with Crippen molar-refractivity contribution >= 4 is 40.0 Å². The average molecular weight is 419 g/mol. The van der Waals surface area contributed by atoms with E-state index in [1.165, 1.54) is 5.46 Å². The van der Waals surface area contributed by atoms with Crippen molar-refractivity contribution in [1.29, 1.82) is 0 Å². The molecule has 158 valence electrons. The Morgan fingerprint density at radius 2 is 1.56 bits per heavy atom. The number of nitrogens with zero attached hydrogens (tertiary/aromatic N) is 3. The van der Waals surface area contributed by atoms with Gasteiger partial charge in [-0.3, -0.25) is 4.40 Å². The lowest BCUT2D eigenvalue weighted by Gasteiger charge is -2.34. The van der Waals surface area contributed by atoms with Gasteiger partial charge in [-0.15, -0.1) is 0 Å². The molecule has 1 fully saturated rings. The van der Waals surface area contributed by atoms with Gasteiger partial charge in [-0.25, -0.2) is 9.97 Å². The van der Waals surface area contributed by atoms with Gasteiger partial charge in [-0.05, 0) is 43.2 Å². The van der Waals surface area contributed by atoms with Crippen LogP contribution in [0.2, 0.25) is 6.32 Å². The second-order valence-corrected chi connectivity index (χ2v) is 10.0. The summed E-state index contributed by atoms with van der Waals surface area (Å²) >= 11 is 0. The normalized spacial score (nSPS) is 17.6. The molecule has 4 nitrogen and oxygen atoms in total. The van der Waals surface area contributed by atoms with Crippen LogP contribution in [0.4, 0.5) is 0 Å². The zero-order valence-electron chi connectivity index (χ0n) is 19.0. The lowest BCUT2D eigenvalue weighted by atomic mass is 9.54. The van der Waals surface area contributed by atoms with Crippen LogP contribution >= 0.6 is 0 Å². The summed E-state index contributed by atoms with van der Waals surface area (Å²) in [5.41, 5.74) is 6.07. The smallest absolute Gasteiger partial charge is 0.327 e. The molecular formula is C27H26BN3O. The minimum Gasteiger partial charge on any atom is -0.426 e. The predicted octanol–water partition coefficient (Wildman–Crippen LogP) is 5.74. The SMILES string of the molecule is CC1(C)CB(c2ccc(-c3nc4c(nc5ccccn54)c4ccccc34)cc2)OC1(C)C. The van der Waals surface area contributed by atoms with Gasteiger partial charge in [0.2, 0.25) is 0 Å². The van der Waals surface area contributed by atoms with Gasteiger partial charge in [0.25, 0.3) is 0 Å². The van der Waals surface area contributed by atoms with Crippen molar-refractivity contribution in [3.63, 3.8) is 0 Å². The van der Waals surface area contributed by atoms with E-state index in [1.807, 2.05) is 24.4 Å². The van der Waals surface area contributed by atoms with E-state index in [9.17, 15) is 0 Å². The van der Waals surface area contributed by atoms with Crippen molar-refractivity contribution in [3.05, 3.63) is 72.9 Å². The highest BCUT2D eigenvalue weighted by Crippen LogP contribution is 2.45. The molecule has 5 aromatic rings. The van der Waals surface area contributed by atoms with E-state index in [0.29, 0.717) is 0 Å². The zero-order valence-corrected chi connectivity index (χ0v) is 19.0. The van der Waals surface area contributed by atoms with Crippen LogP contribution in [0.5, 0.6) is 0 Å². The van der Waals surface area contributed by atoms with Crippen molar-refractivity contribution in [2.45, 2.75) is 39.6 Å². The van der Waals surface area contributed by atoms with Crippen LogP contribution in [-0.4, -0.2) is 26.9 Å². The molecule has 1 aliphatic rings. The molecular weight excluding hydrogens is 393 g/mol. The van der Waals surface area contributed by atoms with Gasteiger partial charge in [-0.1, -0.05) is 68.4 Å². The number of hydrogen-bond donors (Lipinski definition) is 0. The summed E-state index contributed by atoms with van der Waals surface area (Å²) in [6.07, 6.45) is 3.05. The molecule has 1 aliphatic heterocycles. The summed E-state index contributed by atoms with van der Waals surface area (Å²) in [6.45, 7) is 9.11. The molecule has 0 atom stereocenters. The van der Waals surface area contributed by atoms with Gasteiger partial charge in [0.15, 0.2) is 5.65 Å². The fraction of sp³-hybridized carbons (Fsp3) is 0.259. The first-order valence-corrected chi connectivity index (χ1v) is 11.3. The largest absolute Gasteiger partial charge is 0.426 e. The third-order valence-corrected chi connectivity index (χ3v) is 7.48. The minimum absolute atomic E-state index is 0.125. The molecule has 0 radical (unpaired) electrons. The lowest BCUT2D eigenvalue weighted by Crippen LogP contribution is -2.36. The van der Waals surface area contributed by atoms with E-state index < -0.39 is 0 Å². The number of rotatable bonds is 2. The Labute approximate surface area is 188 Å². The maximum Gasteiger partial charge on any atom is 0.327 e. The molecule has 6 rings (SSSR count). The second-order valence-electron chi connectivity index (χ2n) is 10.0. The third kappa shape index (κ3) is 2.81. The molecule has 1 saturated heterocycles. The molecule has 0 aliphatic carbocycles. The maximum atomic E-state index is 6.43. The number of hydrogen-bond acceptors (Lipinski definition) is 3. The van der Waals surface area contributed by atoms with Crippen molar-refractivity contribution in [2.24, 2.45) is 5.41 Å². The summed E-state index contributed by atoms with van der Waals surface area (Å²) in [6, 6.07) is 23.2. The highest BCUT2D eigenvalue weighted by atomic mass is 16.5. The molecule has 0 unspecified atom stereocenters. The van der Waals surface area contributed by atoms with E-state index in [2.05, 4.69) is 80.6 Å². The number of benzene rings is 2. The first kappa shape index (κ1) is 19.5. The Bertz CT molecular complexity index is 1470. The minimum atomic E-state index is -0.137. The van der Waals surface area contributed by atoms with Crippen LogP contribution < -0.4 is 5.46 Å². The summed E-state index contributed by atoms with van der Waals surface area (Å²) in [5.74, 6) is 0. The number of imidazole rings is 1. The van der Waals surface area contributed by atoms with Crippen LogP contribution in [0.15, 0.2) is 72.9 Å². The Hall–Kier alpha value is -3.18. The molecule has 2 aromatic carbocycles. The molecule has 3 aromatic heterocycles. The summed E-state index contributed by atoms with van der Waals surface area (Å²) in [7, 11) is 0. The monoisotopic (exact) mass is 419 g/mol. The van der Waals surface area contributed by atoms with Gasteiger partial charge < -0.3 is 4.65 Å². The van der Waals surface area contributed by atoms with E-state index >= 15 is 0 Å². The number of aromatic nitrogens is 3. The van der Waals surface area contributed by atoms with E-state index in [-0.39, 0.29) is 17.9 Å². The van der Waals surface area contributed by atoms with Crippen molar-refractivity contribution in [1.82, 2.24) is 14.4 Å². The maximum absolute atomic E-state index is 6.43. The number of fused-ring (bicyclic) bond motifs is 5. The highest BCUT2D eigenvalue weighted by Gasteiger charge is 2.49. The standard InChI is InChI=1S/C27H26BN3O/c1-26(2)17-28(32-27(26,3)4)19-14-12-18(13-15-19)23-20-9-5-6-10-21(20)24-25(30-23)31-16-8-7-11-22(31)29-24/h5-16H,17H2,1-4H3. The van der Waals surface area contributed by atoms with Crippen molar-refractivity contribution in [2.75, 3.05) is 0 Å². The van der Waals surface area contributed by atoms with Gasteiger partial charge in [0, 0.05) is 22.5 Å². The Morgan fingerprint density at radius 3 is 2.28 bits per heavy atom. The Morgan fingerprint density at radius 1 is 0.844 bits per heavy atom. The van der Waals surface area contributed by atoms with Gasteiger partial charge in [0.05, 0.1) is 11.3 Å². The quantitative estimate of drug-likeness (QED) is 0.343. The lowest BCUT2D eigenvalue weighted by molar-refractivity contribution is 0.0375. The highest BCUT2D eigenvalue weighted by molar-refractivity contribution is 6.68. The summed E-state index contributed by atoms with van der Waals surface area (Å²) in [4.78, 5) is 9.96. The third-order valence-electron chi connectivity index (χ3n) is 7.48. The molecule has 4 heterocycles. The fourth-order valence-corrected chi connectivity index (χ4v) is 4.86. The van der Waals surface area contributed by atoms with Crippen LogP contribution in [0.1, 0.15) is 27.7 Å². The fourth-order valence-electron chi connectivity index (χ4n) is 4.86. The van der Waals surface area contributed by atoms with Crippen LogP contribution in [0.3, 0.4) is 0 Å². The molecule has 0 amide bonds. The van der Waals surface area contributed by atoms with Crippen molar-refractivity contribution in [3.8, 4) is 11.3 Å². The van der Waals surface area contributed by atoms with Gasteiger partial charge >= 0.3 is 6.92 Å². The van der Waals surface area contributed by atoms with Crippen LogP contribution in [0, 0.1) is 5.41 Å². The van der Waals surface area contributed by atoms with Gasteiger partial charge in [-0.2, -0.15) is 0 Å². The first-order valence-electron chi connectivity index (χ1n) is 11.3. The summed E-state index contributed by atoms with van der Waals surface area (Å²) < 4.78 is 8.50. The molecule has 0 saturated carbocycles. The molecule has 0 N–H and O–H groups in total. The first-order chi connectivity index (χ1) is 15.3. The average Bonchev–Trinajstić information content (AvgIpc) is 3.27. The van der Waals surface area contributed by atoms with Crippen LogP contribution in [0.25, 0.3) is 38.8 Å².